The molecule has 0 spiro atoms. The Morgan fingerprint density at radius 1 is 1.41 bits per heavy atom. The number of primary sulfonamides is 1. The second kappa shape index (κ2) is 6.17. The second-order valence-corrected chi connectivity index (χ2v) is 7.25. The van der Waals surface area contributed by atoms with Crippen LogP contribution in [-0.2, 0) is 29.8 Å². The van der Waals surface area contributed by atoms with Crippen LogP contribution >= 0.6 is 0 Å². The van der Waals surface area contributed by atoms with Crippen molar-refractivity contribution in [3.05, 3.63) is 17.5 Å². The third-order valence-corrected chi connectivity index (χ3v) is 4.66. The second-order valence-electron chi connectivity index (χ2n) is 5.59. The zero-order chi connectivity index (χ0) is 16.5. The van der Waals surface area contributed by atoms with Crippen LogP contribution in [0.4, 0.5) is 13.2 Å². The number of alkyl halides is 3. The van der Waals surface area contributed by atoms with E-state index in [0.29, 0.717) is 18.7 Å². The lowest BCUT2D eigenvalue weighted by atomic mass is 10.0. The highest BCUT2D eigenvalue weighted by Crippen LogP contribution is 2.29. The summed E-state index contributed by atoms with van der Waals surface area (Å²) in [6.45, 7) is 0.854. The van der Waals surface area contributed by atoms with Gasteiger partial charge in [-0.1, -0.05) is 6.42 Å². The van der Waals surface area contributed by atoms with Crippen molar-refractivity contribution in [1.82, 2.24) is 14.7 Å². The minimum Gasteiger partial charge on any atom is -0.294 e. The van der Waals surface area contributed by atoms with Crippen molar-refractivity contribution < 1.29 is 21.6 Å². The van der Waals surface area contributed by atoms with Crippen molar-refractivity contribution in [2.45, 2.75) is 38.0 Å². The van der Waals surface area contributed by atoms with E-state index in [1.165, 1.54) is 11.7 Å². The van der Waals surface area contributed by atoms with Crippen LogP contribution in [0.2, 0.25) is 0 Å². The number of halogens is 3. The lowest BCUT2D eigenvalue weighted by Crippen LogP contribution is -2.44. The molecule has 0 saturated carbocycles. The lowest BCUT2D eigenvalue weighted by molar-refractivity contribution is -0.141. The average molecular weight is 340 g/mol. The summed E-state index contributed by atoms with van der Waals surface area (Å²) in [7, 11) is -2.17. The van der Waals surface area contributed by atoms with Crippen LogP contribution in [0.1, 0.15) is 30.7 Å². The third kappa shape index (κ3) is 4.43. The molecule has 0 aromatic carbocycles. The number of hydrogen-bond donors (Lipinski definition) is 1. The third-order valence-electron chi connectivity index (χ3n) is 3.81. The van der Waals surface area contributed by atoms with E-state index >= 15 is 0 Å². The summed E-state index contributed by atoms with van der Waals surface area (Å²) in [5.41, 5.74) is -0.543. The number of likely N-dealkylation sites (tertiary alicyclic amines) is 1. The Labute approximate surface area is 127 Å². The van der Waals surface area contributed by atoms with E-state index in [4.69, 9.17) is 5.14 Å². The summed E-state index contributed by atoms with van der Waals surface area (Å²) < 4.78 is 61.8. The maximum Gasteiger partial charge on any atom is 0.435 e. The smallest absolute Gasteiger partial charge is 0.294 e. The molecule has 1 aromatic heterocycles. The quantitative estimate of drug-likeness (QED) is 0.889. The molecule has 2 heterocycles. The maximum absolute atomic E-state index is 12.7. The van der Waals surface area contributed by atoms with Gasteiger partial charge in [-0.25, -0.2) is 13.6 Å². The van der Waals surface area contributed by atoms with E-state index in [-0.39, 0.29) is 18.3 Å². The Bertz CT molecular complexity index is 627. The number of piperidine rings is 1. The minimum absolute atomic E-state index is 0.184. The van der Waals surface area contributed by atoms with Crippen molar-refractivity contribution in [2.24, 2.45) is 12.2 Å². The van der Waals surface area contributed by atoms with Gasteiger partial charge >= 0.3 is 6.18 Å². The summed E-state index contributed by atoms with van der Waals surface area (Å²) in [5, 5.41) is 8.56. The summed E-state index contributed by atoms with van der Waals surface area (Å²) in [6, 6.07) is 0.732. The largest absolute Gasteiger partial charge is 0.435 e. The van der Waals surface area contributed by atoms with Gasteiger partial charge in [0.05, 0.1) is 11.4 Å². The van der Waals surface area contributed by atoms with Gasteiger partial charge in [-0.05, 0) is 25.5 Å². The lowest BCUT2D eigenvalue weighted by Gasteiger charge is -2.35. The molecule has 0 aliphatic carbocycles. The average Bonchev–Trinajstić information content (AvgIpc) is 2.72. The topological polar surface area (TPSA) is 81.2 Å². The first-order valence-electron chi connectivity index (χ1n) is 6.91. The molecule has 1 saturated heterocycles. The van der Waals surface area contributed by atoms with Crippen LogP contribution in [0, 0.1) is 0 Å². The number of sulfonamides is 1. The fourth-order valence-electron chi connectivity index (χ4n) is 2.73. The summed E-state index contributed by atoms with van der Waals surface area (Å²) in [5.74, 6) is -0.184. The van der Waals surface area contributed by atoms with Gasteiger partial charge in [0.25, 0.3) is 0 Å². The fraction of sp³-hybridized carbons (Fsp3) is 0.750. The molecular formula is C12H19F3N4O2S. The van der Waals surface area contributed by atoms with Crippen molar-refractivity contribution in [3.63, 3.8) is 0 Å². The van der Waals surface area contributed by atoms with Gasteiger partial charge in [-0.15, -0.1) is 0 Å². The highest BCUT2D eigenvalue weighted by Gasteiger charge is 2.35. The number of rotatable bonds is 4. The molecular weight excluding hydrogens is 321 g/mol. The van der Waals surface area contributed by atoms with E-state index in [9.17, 15) is 21.6 Å². The van der Waals surface area contributed by atoms with E-state index in [0.717, 1.165) is 18.9 Å². The Morgan fingerprint density at radius 3 is 2.64 bits per heavy atom. The van der Waals surface area contributed by atoms with Crippen molar-refractivity contribution >= 4 is 10.0 Å². The van der Waals surface area contributed by atoms with E-state index < -0.39 is 21.9 Å². The van der Waals surface area contributed by atoms with Gasteiger partial charge in [-0.2, -0.15) is 18.3 Å². The molecule has 2 N–H and O–H groups in total. The van der Waals surface area contributed by atoms with E-state index in [1.54, 1.807) is 0 Å². The van der Waals surface area contributed by atoms with E-state index in [2.05, 4.69) is 5.10 Å². The molecule has 10 heteroatoms. The van der Waals surface area contributed by atoms with Gasteiger partial charge in [0.15, 0.2) is 5.69 Å². The van der Waals surface area contributed by atoms with Crippen LogP contribution in [-0.4, -0.2) is 41.4 Å². The van der Waals surface area contributed by atoms with E-state index in [1.807, 2.05) is 4.90 Å². The van der Waals surface area contributed by atoms with Crippen LogP contribution in [0.5, 0.6) is 0 Å². The SMILES string of the molecule is Cn1nc(C(F)(F)F)cc1CN1CCCCC1CS(N)(=O)=O. The molecule has 2 rings (SSSR count). The van der Waals surface area contributed by atoms with Crippen LogP contribution < -0.4 is 5.14 Å². The number of aromatic nitrogens is 2. The Hall–Kier alpha value is -1.13. The Balaban J connectivity index is 2.15. The number of nitrogens with zero attached hydrogens (tertiary/aromatic N) is 3. The molecule has 1 fully saturated rings. The highest BCUT2D eigenvalue weighted by atomic mass is 32.2. The summed E-state index contributed by atoms with van der Waals surface area (Å²) in [4.78, 5) is 1.87. The fourth-order valence-corrected chi connectivity index (χ4v) is 3.64. The first-order chi connectivity index (χ1) is 10.1. The zero-order valence-electron chi connectivity index (χ0n) is 12.2. The zero-order valence-corrected chi connectivity index (χ0v) is 13.0. The monoisotopic (exact) mass is 340 g/mol. The Kier molecular flexibility index (Phi) is 4.83. The predicted octanol–water partition coefficient (Wildman–Crippen LogP) is 1.08. The van der Waals surface area contributed by atoms with Gasteiger partial charge in [0.2, 0.25) is 10.0 Å². The maximum atomic E-state index is 12.7. The van der Waals surface area contributed by atoms with Crippen molar-refractivity contribution in [1.29, 1.82) is 0 Å². The number of hydrogen-bond acceptors (Lipinski definition) is 4. The van der Waals surface area contributed by atoms with Crippen LogP contribution in [0.25, 0.3) is 0 Å². The molecule has 1 aliphatic heterocycles. The van der Waals surface area contributed by atoms with Gasteiger partial charge in [0, 0.05) is 19.6 Å². The summed E-state index contributed by atoms with van der Waals surface area (Å²) in [6.07, 6.45) is -2.06. The first kappa shape index (κ1) is 17.2. The van der Waals surface area contributed by atoms with Crippen LogP contribution in [0.3, 0.4) is 0 Å². The molecule has 1 unspecified atom stereocenters. The Morgan fingerprint density at radius 2 is 2.09 bits per heavy atom. The molecule has 0 bridgehead atoms. The molecule has 1 aromatic rings. The van der Waals surface area contributed by atoms with Crippen molar-refractivity contribution in [3.8, 4) is 0 Å². The number of aryl methyl sites for hydroxylation is 1. The van der Waals surface area contributed by atoms with Crippen LogP contribution in [0.15, 0.2) is 6.07 Å². The molecule has 22 heavy (non-hydrogen) atoms. The predicted molar refractivity (Wildman–Crippen MR) is 74.2 cm³/mol. The molecule has 126 valence electrons. The minimum atomic E-state index is -4.49. The first-order valence-corrected chi connectivity index (χ1v) is 8.62. The molecule has 0 radical (unpaired) electrons. The number of nitrogens with two attached hydrogens (primary N) is 1. The normalized spacial score (nSPS) is 21.2. The molecule has 1 atom stereocenters. The molecule has 1 aliphatic rings. The van der Waals surface area contributed by atoms with Gasteiger partial charge < -0.3 is 0 Å². The molecule has 0 amide bonds. The molecule has 6 nitrogen and oxygen atoms in total. The standard InChI is InChI=1S/C12H19F3N4O2S/c1-18-10(6-11(17-18)12(13,14)15)7-19-5-3-2-4-9(19)8-22(16,20)21/h6,9H,2-5,7-8H2,1H3,(H2,16,20,21). The highest BCUT2D eigenvalue weighted by molar-refractivity contribution is 7.89. The summed E-state index contributed by atoms with van der Waals surface area (Å²) >= 11 is 0. The van der Waals surface area contributed by atoms with Crippen molar-refractivity contribution in [2.75, 3.05) is 12.3 Å². The van der Waals surface area contributed by atoms with Gasteiger partial charge in [-0.3, -0.25) is 9.58 Å². The van der Waals surface area contributed by atoms with Gasteiger partial charge in [0.1, 0.15) is 0 Å².